The number of carbonyl (C=O) groups excluding carboxylic acids is 1. The van der Waals surface area contributed by atoms with Crippen LogP contribution in [0.4, 0.5) is 5.69 Å². The Morgan fingerprint density at radius 3 is 2.48 bits per heavy atom. The highest BCUT2D eigenvalue weighted by atomic mass is 32.2. The highest BCUT2D eigenvalue weighted by molar-refractivity contribution is 7.92. The summed E-state index contributed by atoms with van der Waals surface area (Å²) in [7, 11) is -3.41. The van der Waals surface area contributed by atoms with E-state index in [1.165, 1.54) is 10.6 Å². The van der Waals surface area contributed by atoms with Gasteiger partial charge in [0.2, 0.25) is 15.9 Å². The third kappa shape index (κ3) is 8.25. The fourth-order valence-corrected chi connectivity index (χ4v) is 4.37. The summed E-state index contributed by atoms with van der Waals surface area (Å²) >= 11 is 0. The van der Waals surface area contributed by atoms with Gasteiger partial charge in [0.25, 0.3) is 0 Å². The molecule has 0 bridgehead atoms. The number of para-hydroxylation sites is 2. The summed E-state index contributed by atoms with van der Waals surface area (Å²) in [6.45, 7) is 5.51. The van der Waals surface area contributed by atoms with Gasteiger partial charge in [-0.25, -0.2) is 8.42 Å². The minimum atomic E-state index is -3.41. The monoisotopic (exact) mass is 446 g/mol. The molecule has 0 radical (unpaired) electrons. The van der Waals surface area contributed by atoms with E-state index < -0.39 is 10.0 Å². The molecule has 170 valence electrons. The Balaban J connectivity index is 1.76. The van der Waals surface area contributed by atoms with E-state index >= 15 is 0 Å². The number of anilines is 1. The van der Waals surface area contributed by atoms with Gasteiger partial charge in [-0.15, -0.1) is 0 Å². The first-order valence-electron chi connectivity index (χ1n) is 10.8. The van der Waals surface area contributed by atoms with Crippen molar-refractivity contribution in [2.45, 2.75) is 46.0 Å². The minimum absolute atomic E-state index is 0.0613. The summed E-state index contributed by atoms with van der Waals surface area (Å²) in [4.78, 5) is 12.2. The molecule has 0 aliphatic rings. The number of sulfonamides is 1. The Morgan fingerprint density at radius 1 is 1.06 bits per heavy atom. The van der Waals surface area contributed by atoms with Gasteiger partial charge in [0.05, 0.1) is 18.6 Å². The standard InChI is InChI=1S/C24H34N2O4S/c1-4-19-30-23-15-8-6-12-21(23)13-9-17-25-24(27)16-10-18-26(31(3,28)29)22-14-7-5-11-20(22)2/h5-8,11-12,14-15H,4,9-10,13,16-19H2,1-3H3,(H,25,27). The SMILES string of the molecule is CCCOc1ccccc1CCCNC(=O)CCCN(c1ccccc1C)S(C)(=O)=O. The third-order valence-electron chi connectivity index (χ3n) is 4.93. The molecule has 0 fully saturated rings. The molecule has 2 aromatic rings. The normalized spacial score (nSPS) is 11.2. The van der Waals surface area contributed by atoms with E-state index in [0.29, 0.717) is 25.3 Å². The molecule has 1 N–H and O–H groups in total. The van der Waals surface area contributed by atoms with Gasteiger partial charge in [-0.3, -0.25) is 9.10 Å². The highest BCUT2D eigenvalue weighted by Gasteiger charge is 2.19. The first kappa shape index (κ1) is 24.7. The van der Waals surface area contributed by atoms with Crippen LogP contribution in [0.5, 0.6) is 5.75 Å². The van der Waals surface area contributed by atoms with Gasteiger partial charge in [0.15, 0.2) is 0 Å². The number of hydrogen-bond acceptors (Lipinski definition) is 4. The number of nitrogens with one attached hydrogen (secondary N) is 1. The maximum absolute atomic E-state index is 12.2. The Hall–Kier alpha value is -2.54. The molecule has 0 atom stereocenters. The first-order chi connectivity index (χ1) is 14.8. The van der Waals surface area contributed by atoms with E-state index in [9.17, 15) is 13.2 Å². The smallest absolute Gasteiger partial charge is 0.232 e. The maximum Gasteiger partial charge on any atom is 0.232 e. The van der Waals surface area contributed by atoms with Crippen molar-refractivity contribution in [1.82, 2.24) is 5.32 Å². The molecule has 1 amide bonds. The van der Waals surface area contributed by atoms with Gasteiger partial charge in [-0.2, -0.15) is 0 Å². The molecule has 0 aromatic heterocycles. The Bertz CT molecular complexity index is 944. The summed E-state index contributed by atoms with van der Waals surface area (Å²) in [5, 5.41) is 2.93. The van der Waals surface area contributed by atoms with Crippen LogP contribution in [0.15, 0.2) is 48.5 Å². The van der Waals surface area contributed by atoms with Crippen LogP contribution in [0.1, 0.15) is 43.7 Å². The Kier molecular flexibility index (Phi) is 9.85. The van der Waals surface area contributed by atoms with Crippen LogP contribution in [0.25, 0.3) is 0 Å². The Morgan fingerprint density at radius 2 is 1.77 bits per heavy atom. The molecule has 31 heavy (non-hydrogen) atoms. The summed E-state index contributed by atoms with van der Waals surface area (Å²) in [5.74, 6) is 0.849. The van der Waals surface area contributed by atoms with E-state index in [1.807, 2.05) is 43.3 Å². The third-order valence-corrected chi connectivity index (χ3v) is 6.11. The van der Waals surface area contributed by atoms with Gasteiger partial charge < -0.3 is 10.1 Å². The molecule has 0 aliphatic heterocycles. The fraction of sp³-hybridized carbons (Fsp3) is 0.458. The predicted octanol–water partition coefficient (Wildman–Crippen LogP) is 4.08. The molecule has 0 aliphatic carbocycles. The Labute approximate surface area is 186 Å². The van der Waals surface area contributed by atoms with Crippen LogP contribution in [-0.2, 0) is 21.2 Å². The predicted molar refractivity (Wildman–Crippen MR) is 126 cm³/mol. The lowest BCUT2D eigenvalue weighted by molar-refractivity contribution is -0.121. The summed E-state index contributed by atoms with van der Waals surface area (Å²) in [6.07, 6.45) is 4.55. The molecule has 0 saturated carbocycles. The van der Waals surface area contributed by atoms with E-state index in [0.717, 1.165) is 36.1 Å². The van der Waals surface area contributed by atoms with Gasteiger partial charge >= 0.3 is 0 Å². The maximum atomic E-state index is 12.2. The van der Waals surface area contributed by atoms with Crippen molar-refractivity contribution in [2.75, 3.05) is 30.3 Å². The van der Waals surface area contributed by atoms with Gasteiger partial charge in [0.1, 0.15) is 5.75 Å². The van der Waals surface area contributed by atoms with Crippen LogP contribution in [0.3, 0.4) is 0 Å². The molecule has 0 saturated heterocycles. The lowest BCUT2D eigenvalue weighted by atomic mass is 10.1. The second-order valence-corrected chi connectivity index (χ2v) is 9.54. The number of rotatable bonds is 13. The largest absolute Gasteiger partial charge is 0.493 e. The zero-order valence-electron chi connectivity index (χ0n) is 18.8. The summed E-state index contributed by atoms with van der Waals surface area (Å²) in [6, 6.07) is 15.4. The molecular weight excluding hydrogens is 412 g/mol. The average molecular weight is 447 g/mol. The summed E-state index contributed by atoms with van der Waals surface area (Å²) in [5.41, 5.74) is 2.70. The lowest BCUT2D eigenvalue weighted by Crippen LogP contribution is -2.32. The minimum Gasteiger partial charge on any atom is -0.493 e. The summed E-state index contributed by atoms with van der Waals surface area (Å²) < 4.78 is 31.6. The highest BCUT2D eigenvalue weighted by Crippen LogP contribution is 2.22. The van der Waals surface area contributed by atoms with E-state index in [-0.39, 0.29) is 18.9 Å². The quantitative estimate of drug-likeness (QED) is 0.471. The molecule has 0 unspecified atom stereocenters. The van der Waals surface area contributed by atoms with Crippen LogP contribution < -0.4 is 14.4 Å². The number of ether oxygens (including phenoxy) is 1. The molecule has 6 nitrogen and oxygen atoms in total. The van der Waals surface area contributed by atoms with E-state index in [4.69, 9.17) is 4.74 Å². The van der Waals surface area contributed by atoms with Crippen LogP contribution in [0.2, 0.25) is 0 Å². The second-order valence-electron chi connectivity index (χ2n) is 7.63. The van der Waals surface area contributed by atoms with Crippen LogP contribution in [-0.4, -0.2) is 40.3 Å². The van der Waals surface area contributed by atoms with Crippen molar-refractivity contribution < 1.29 is 17.9 Å². The lowest BCUT2D eigenvalue weighted by Gasteiger charge is -2.24. The van der Waals surface area contributed by atoms with Crippen molar-refractivity contribution >= 4 is 21.6 Å². The topological polar surface area (TPSA) is 75.7 Å². The van der Waals surface area contributed by atoms with Gasteiger partial charge in [-0.1, -0.05) is 43.3 Å². The van der Waals surface area contributed by atoms with Gasteiger partial charge in [0, 0.05) is 19.5 Å². The molecule has 0 heterocycles. The number of nitrogens with zero attached hydrogens (tertiary/aromatic N) is 1. The van der Waals surface area contributed by atoms with E-state index in [1.54, 1.807) is 6.07 Å². The molecule has 2 aromatic carbocycles. The molecule has 2 rings (SSSR count). The zero-order valence-corrected chi connectivity index (χ0v) is 19.6. The van der Waals surface area contributed by atoms with Crippen molar-refractivity contribution in [2.24, 2.45) is 0 Å². The molecule has 0 spiro atoms. The fourth-order valence-electron chi connectivity index (χ4n) is 3.35. The number of benzene rings is 2. The number of carbonyl (C=O) groups is 1. The number of hydrogen-bond donors (Lipinski definition) is 1. The van der Waals surface area contributed by atoms with Gasteiger partial charge in [-0.05, 0) is 55.9 Å². The number of amides is 1. The van der Waals surface area contributed by atoms with Crippen LogP contribution in [0, 0.1) is 6.92 Å². The van der Waals surface area contributed by atoms with Crippen molar-refractivity contribution in [3.05, 3.63) is 59.7 Å². The van der Waals surface area contributed by atoms with Crippen molar-refractivity contribution in [1.29, 1.82) is 0 Å². The van der Waals surface area contributed by atoms with Crippen LogP contribution >= 0.6 is 0 Å². The van der Waals surface area contributed by atoms with E-state index in [2.05, 4.69) is 18.3 Å². The molecule has 7 heteroatoms. The van der Waals surface area contributed by atoms with Crippen molar-refractivity contribution in [3.63, 3.8) is 0 Å². The first-order valence-corrected chi connectivity index (χ1v) is 12.7. The average Bonchev–Trinajstić information content (AvgIpc) is 2.73. The second kappa shape index (κ2) is 12.3. The number of aryl methyl sites for hydroxylation is 2. The zero-order chi connectivity index (χ0) is 22.7. The molecular formula is C24H34N2O4S. The van der Waals surface area contributed by atoms with Crippen molar-refractivity contribution in [3.8, 4) is 5.75 Å².